The quantitative estimate of drug-likeness (QED) is 0.470. The molecule has 0 unspecified atom stereocenters. The van der Waals surface area contributed by atoms with Gasteiger partial charge < -0.3 is 15.3 Å². The number of nitrogens with one attached hydrogen (secondary N) is 1. The van der Waals surface area contributed by atoms with Crippen LogP contribution in [0.1, 0.15) is 56.0 Å². The van der Waals surface area contributed by atoms with Crippen LogP contribution in [0.4, 0.5) is 0 Å². The van der Waals surface area contributed by atoms with Gasteiger partial charge in [0.25, 0.3) is 5.91 Å². The molecule has 0 aromatic heterocycles. The normalized spacial score (nSPS) is 16.6. The largest absolute Gasteiger partial charge is 0.393 e. The predicted molar refractivity (Wildman–Crippen MR) is 98.8 cm³/mol. The van der Waals surface area contributed by atoms with Gasteiger partial charge in [0, 0.05) is 25.2 Å². The second-order valence-electron chi connectivity index (χ2n) is 7.84. The molecule has 0 saturated carbocycles. The Balaban J connectivity index is 1.74. The van der Waals surface area contributed by atoms with Crippen molar-refractivity contribution < 1.29 is 14.7 Å². The fraction of sp³-hybridized carbons (Fsp3) is 0.600. The molecule has 1 aliphatic heterocycles. The molecular weight excluding hydrogens is 316 g/mol. The van der Waals surface area contributed by atoms with Crippen LogP contribution in [0.25, 0.3) is 0 Å². The standard InChI is InChI=1S/C20H30N2O3/c1-20(2,3)16-7-5-15(6-8-16)18(24)19(25)21-11-4-12-22-13-9-17(23)10-14-22/h5-8,17,23H,4,9-14H2,1-3H3,(H,21,25). The maximum atomic E-state index is 12.2. The Bertz CT molecular complexity index is 582. The number of aliphatic hydroxyl groups excluding tert-OH is 1. The molecule has 1 aliphatic rings. The lowest BCUT2D eigenvalue weighted by molar-refractivity contribution is -0.117. The van der Waals surface area contributed by atoms with Gasteiger partial charge in [-0.3, -0.25) is 9.59 Å². The van der Waals surface area contributed by atoms with Crippen LogP contribution in [0.5, 0.6) is 0 Å². The van der Waals surface area contributed by atoms with E-state index in [-0.39, 0.29) is 11.5 Å². The number of piperidine rings is 1. The fourth-order valence-electron chi connectivity index (χ4n) is 2.98. The summed E-state index contributed by atoms with van der Waals surface area (Å²) in [5.74, 6) is -1.03. The van der Waals surface area contributed by atoms with Crippen molar-refractivity contribution in [2.75, 3.05) is 26.2 Å². The number of carbonyl (C=O) groups excluding carboxylic acids is 2. The summed E-state index contributed by atoms with van der Waals surface area (Å²) in [5, 5.41) is 12.2. The lowest BCUT2D eigenvalue weighted by atomic mass is 9.86. The Hall–Kier alpha value is -1.72. The summed E-state index contributed by atoms with van der Waals surface area (Å²) < 4.78 is 0. The summed E-state index contributed by atoms with van der Waals surface area (Å²) >= 11 is 0. The fourth-order valence-corrected chi connectivity index (χ4v) is 2.98. The number of benzene rings is 1. The Kier molecular flexibility index (Phi) is 6.73. The zero-order valence-electron chi connectivity index (χ0n) is 15.5. The summed E-state index contributed by atoms with van der Waals surface area (Å²) in [6, 6.07) is 7.26. The smallest absolute Gasteiger partial charge is 0.292 e. The third kappa shape index (κ3) is 5.94. The molecule has 25 heavy (non-hydrogen) atoms. The molecule has 138 valence electrons. The molecule has 1 aromatic rings. The number of likely N-dealkylation sites (tertiary alicyclic amines) is 1. The van der Waals surface area contributed by atoms with Crippen LogP contribution in [0.2, 0.25) is 0 Å². The van der Waals surface area contributed by atoms with Crippen molar-refractivity contribution >= 4 is 11.7 Å². The van der Waals surface area contributed by atoms with Crippen molar-refractivity contribution in [3.05, 3.63) is 35.4 Å². The van der Waals surface area contributed by atoms with Crippen LogP contribution in [-0.2, 0) is 10.2 Å². The summed E-state index contributed by atoms with van der Waals surface area (Å²) in [6.45, 7) is 9.49. The maximum Gasteiger partial charge on any atom is 0.292 e. The van der Waals surface area contributed by atoms with E-state index in [1.807, 2.05) is 12.1 Å². The van der Waals surface area contributed by atoms with E-state index in [1.165, 1.54) is 0 Å². The topological polar surface area (TPSA) is 69.6 Å². The van der Waals surface area contributed by atoms with Gasteiger partial charge in [-0.1, -0.05) is 45.0 Å². The number of carbonyl (C=O) groups is 2. The molecule has 5 heteroatoms. The summed E-state index contributed by atoms with van der Waals surface area (Å²) in [4.78, 5) is 26.5. The number of amides is 1. The molecule has 0 spiro atoms. The Morgan fingerprint density at radius 3 is 2.32 bits per heavy atom. The number of rotatable bonds is 6. The Morgan fingerprint density at radius 2 is 1.76 bits per heavy atom. The van der Waals surface area contributed by atoms with Crippen LogP contribution in [0.15, 0.2) is 24.3 Å². The van der Waals surface area contributed by atoms with Gasteiger partial charge >= 0.3 is 0 Å². The monoisotopic (exact) mass is 346 g/mol. The average Bonchev–Trinajstić information content (AvgIpc) is 2.58. The van der Waals surface area contributed by atoms with E-state index in [1.54, 1.807) is 12.1 Å². The first-order valence-electron chi connectivity index (χ1n) is 9.11. The molecule has 0 radical (unpaired) electrons. The number of ketones is 1. The van der Waals surface area contributed by atoms with Gasteiger partial charge in [0.15, 0.2) is 0 Å². The van der Waals surface area contributed by atoms with E-state index in [4.69, 9.17) is 0 Å². The van der Waals surface area contributed by atoms with Crippen LogP contribution in [0, 0.1) is 0 Å². The summed E-state index contributed by atoms with van der Waals surface area (Å²) in [5.41, 5.74) is 1.58. The minimum absolute atomic E-state index is 0.0222. The van der Waals surface area contributed by atoms with Gasteiger partial charge in [-0.2, -0.15) is 0 Å². The number of aliphatic hydroxyl groups is 1. The van der Waals surface area contributed by atoms with Gasteiger partial charge in [0.05, 0.1) is 6.10 Å². The lowest BCUT2D eigenvalue weighted by Gasteiger charge is -2.29. The van der Waals surface area contributed by atoms with E-state index in [0.29, 0.717) is 12.1 Å². The van der Waals surface area contributed by atoms with Crippen LogP contribution < -0.4 is 5.32 Å². The van der Waals surface area contributed by atoms with Gasteiger partial charge in [-0.25, -0.2) is 0 Å². The van der Waals surface area contributed by atoms with Crippen molar-refractivity contribution in [3.63, 3.8) is 0 Å². The first-order chi connectivity index (χ1) is 11.8. The maximum absolute atomic E-state index is 12.2. The first kappa shape index (κ1) is 19.6. The van der Waals surface area contributed by atoms with Gasteiger partial charge in [0.2, 0.25) is 5.78 Å². The molecule has 2 rings (SSSR count). The van der Waals surface area contributed by atoms with Crippen molar-refractivity contribution in [2.45, 2.75) is 51.6 Å². The van der Waals surface area contributed by atoms with Crippen LogP contribution in [0.3, 0.4) is 0 Å². The minimum Gasteiger partial charge on any atom is -0.393 e. The van der Waals surface area contributed by atoms with Crippen molar-refractivity contribution in [1.82, 2.24) is 10.2 Å². The van der Waals surface area contributed by atoms with E-state index >= 15 is 0 Å². The Morgan fingerprint density at radius 1 is 1.16 bits per heavy atom. The SMILES string of the molecule is CC(C)(C)c1ccc(C(=O)C(=O)NCCCN2CCC(O)CC2)cc1. The molecule has 1 amide bonds. The lowest BCUT2D eigenvalue weighted by Crippen LogP contribution is -2.38. The predicted octanol–water partition coefficient (Wildman–Crippen LogP) is 2.13. The second kappa shape index (κ2) is 8.59. The minimum atomic E-state index is -0.544. The molecule has 1 aromatic carbocycles. The summed E-state index contributed by atoms with van der Waals surface area (Å²) in [6.07, 6.45) is 2.27. The molecule has 0 aliphatic carbocycles. The zero-order chi connectivity index (χ0) is 18.4. The van der Waals surface area contributed by atoms with Gasteiger partial charge in [-0.05, 0) is 36.8 Å². The highest BCUT2D eigenvalue weighted by atomic mass is 16.3. The molecule has 0 atom stereocenters. The van der Waals surface area contributed by atoms with Crippen molar-refractivity contribution in [1.29, 1.82) is 0 Å². The molecule has 1 saturated heterocycles. The van der Waals surface area contributed by atoms with Crippen molar-refractivity contribution in [2.24, 2.45) is 0 Å². The zero-order valence-corrected chi connectivity index (χ0v) is 15.5. The second-order valence-corrected chi connectivity index (χ2v) is 7.84. The molecule has 0 bridgehead atoms. The number of Topliss-reactive ketones (excluding diaryl/α,β-unsaturated/α-hetero) is 1. The third-order valence-corrected chi connectivity index (χ3v) is 4.71. The third-order valence-electron chi connectivity index (χ3n) is 4.71. The summed E-state index contributed by atoms with van der Waals surface area (Å²) in [7, 11) is 0. The van der Waals surface area contributed by atoms with Crippen LogP contribution >= 0.6 is 0 Å². The molecule has 1 fully saturated rings. The first-order valence-corrected chi connectivity index (χ1v) is 9.11. The number of nitrogens with zero attached hydrogens (tertiary/aromatic N) is 1. The highest BCUT2D eigenvalue weighted by Crippen LogP contribution is 2.22. The van der Waals surface area contributed by atoms with Gasteiger partial charge in [-0.15, -0.1) is 0 Å². The van der Waals surface area contributed by atoms with E-state index in [2.05, 4.69) is 31.0 Å². The van der Waals surface area contributed by atoms with Crippen LogP contribution in [-0.4, -0.2) is 54.0 Å². The van der Waals surface area contributed by atoms with E-state index in [9.17, 15) is 14.7 Å². The number of hydrogen-bond donors (Lipinski definition) is 2. The average molecular weight is 346 g/mol. The van der Waals surface area contributed by atoms with E-state index in [0.717, 1.165) is 44.5 Å². The molecule has 1 heterocycles. The highest BCUT2D eigenvalue weighted by Gasteiger charge is 2.19. The van der Waals surface area contributed by atoms with Gasteiger partial charge in [0.1, 0.15) is 0 Å². The highest BCUT2D eigenvalue weighted by molar-refractivity contribution is 6.42. The number of hydrogen-bond acceptors (Lipinski definition) is 4. The molecule has 5 nitrogen and oxygen atoms in total. The molecular formula is C20H30N2O3. The molecule has 2 N–H and O–H groups in total. The van der Waals surface area contributed by atoms with Crippen molar-refractivity contribution in [3.8, 4) is 0 Å². The van der Waals surface area contributed by atoms with E-state index < -0.39 is 11.7 Å². The Labute approximate surface area is 150 Å².